The van der Waals surface area contributed by atoms with Gasteiger partial charge in [-0.25, -0.2) is 4.99 Å². The minimum Gasteiger partial charge on any atom is -0.357 e. The van der Waals surface area contributed by atoms with Crippen molar-refractivity contribution in [2.45, 2.75) is 45.2 Å². The van der Waals surface area contributed by atoms with Gasteiger partial charge in [-0.2, -0.15) is 0 Å². The van der Waals surface area contributed by atoms with Gasteiger partial charge in [-0.05, 0) is 37.5 Å². The van der Waals surface area contributed by atoms with E-state index in [2.05, 4.69) is 27.9 Å². The molecule has 0 unspecified atom stereocenters. The van der Waals surface area contributed by atoms with Crippen LogP contribution in [0, 0.1) is 0 Å². The van der Waals surface area contributed by atoms with Crippen LogP contribution in [0.15, 0.2) is 29.3 Å². The number of benzene rings is 1. The Balaban J connectivity index is 1.58. The molecule has 1 aliphatic carbocycles. The summed E-state index contributed by atoms with van der Waals surface area (Å²) in [4.78, 5) is 30.2. The highest BCUT2D eigenvalue weighted by molar-refractivity contribution is 5.97. The first-order valence-electron chi connectivity index (χ1n) is 9.85. The summed E-state index contributed by atoms with van der Waals surface area (Å²) in [7, 11) is 0. The van der Waals surface area contributed by atoms with Crippen molar-refractivity contribution in [1.82, 2.24) is 20.9 Å². The number of nitrogens with zero attached hydrogens (tertiary/aromatic N) is 2. The lowest BCUT2D eigenvalue weighted by Gasteiger charge is -2.26. The van der Waals surface area contributed by atoms with Gasteiger partial charge < -0.3 is 20.9 Å². The van der Waals surface area contributed by atoms with Gasteiger partial charge in [0.25, 0.3) is 5.91 Å². The van der Waals surface area contributed by atoms with E-state index in [1.807, 2.05) is 24.3 Å². The Morgan fingerprint density at radius 1 is 1.26 bits per heavy atom. The van der Waals surface area contributed by atoms with Crippen LogP contribution in [0.3, 0.4) is 0 Å². The number of guanidine groups is 1. The van der Waals surface area contributed by atoms with Gasteiger partial charge in [0.1, 0.15) is 0 Å². The van der Waals surface area contributed by atoms with Gasteiger partial charge in [-0.1, -0.05) is 25.0 Å². The van der Waals surface area contributed by atoms with Crippen LogP contribution >= 0.6 is 0 Å². The number of aliphatic imine (C=N–C) groups is 1. The largest absolute Gasteiger partial charge is 0.357 e. The van der Waals surface area contributed by atoms with Crippen LogP contribution in [0.5, 0.6) is 0 Å². The highest BCUT2D eigenvalue weighted by atomic mass is 16.2. The van der Waals surface area contributed by atoms with Crippen molar-refractivity contribution in [3.05, 3.63) is 35.4 Å². The predicted molar refractivity (Wildman–Crippen MR) is 106 cm³/mol. The zero-order valence-electron chi connectivity index (χ0n) is 16.0. The van der Waals surface area contributed by atoms with Crippen LogP contribution in [0.25, 0.3) is 0 Å². The maximum atomic E-state index is 12.5. The molecule has 7 heteroatoms. The fourth-order valence-corrected chi connectivity index (χ4v) is 3.50. The summed E-state index contributed by atoms with van der Waals surface area (Å²) in [6.07, 6.45) is 4.97. The molecule has 2 aliphatic rings. The lowest BCUT2D eigenvalue weighted by molar-refractivity contribution is -0.123. The maximum absolute atomic E-state index is 12.5. The molecule has 1 saturated carbocycles. The van der Waals surface area contributed by atoms with E-state index in [-0.39, 0.29) is 18.4 Å². The van der Waals surface area contributed by atoms with E-state index in [0.29, 0.717) is 31.2 Å². The molecule has 0 bridgehead atoms. The first kappa shape index (κ1) is 19.2. The molecule has 0 aromatic heterocycles. The van der Waals surface area contributed by atoms with Crippen molar-refractivity contribution in [3.63, 3.8) is 0 Å². The summed E-state index contributed by atoms with van der Waals surface area (Å²) in [6, 6.07) is 8.01. The standard InChI is InChI=1S/C20H29N5O2/c1-2-21-20(24-17-5-3-4-6-17)23-13-15-7-9-16(10-8-15)19(27)25-12-11-22-18(26)14-25/h7-10,17H,2-6,11-14H2,1H3,(H,22,26)(H2,21,23,24). The third kappa shape index (κ3) is 5.45. The van der Waals surface area contributed by atoms with Crippen LogP contribution in [-0.2, 0) is 11.3 Å². The molecular formula is C20H29N5O2. The first-order chi connectivity index (χ1) is 13.2. The van der Waals surface area contributed by atoms with E-state index in [1.165, 1.54) is 25.7 Å². The van der Waals surface area contributed by atoms with Gasteiger partial charge in [-0.15, -0.1) is 0 Å². The quantitative estimate of drug-likeness (QED) is 0.537. The van der Waals surface area contributed by atoms with Crippen LogP contribution < -0.4 is 16.0 Å². The van der Waals surface area contributed by atoms with Gasteiger partial charge in [-0.3, -0.25) is 9.59 Å². The van der Waals surface area contributed by atoms with Crippen molar-refractivity contribution < 1.29 is 9.59 Å². The Morgan fingerprint density at radius 2 is 2.00 bits per heavy atom. The monoisotopic (exact) mass is 371 g/mol. The summed E-state index contributed by atoms with van der Waals surface area (Å²) < 4.78 is 0. The van der Waals surface area contributed by atoms with Crippen LogP contribution in [0.4, 0.5) is 0 Å². The average Bonchev–Trinajstić information content (AvgIpc) is 3.19. The summed E-state index contributed by atoms with van der Waals surface area (Å²) in [6.45, 7) is 4.64. The molecule has 3 N–H and O–H groups in total. The lowest BCUT2D eigenvalue weighted by Crippen LogP contribution is -2.49. The van der Waals surface area contributed by atoms with Crippen molar-refractivity contribution >= 4 is 17.8 Å². The summed E-state index contributed by atoms with van der Waals surface area (Å²) in [5.41, 5.74) is 1.65. The van der Waals surface area contributed by atoms with E-state index in [4.69, 9.17) is 0 Å². The van der Waals surface area contributed by atoms with Crippen LogP contribution in [0.2, 0.25) is 0 Å². The number of hydrogen-bond donors (Lipinski definition) is 3. The summed E-state index contributed by atoms with van der Waals surface area (Å²) in [5, 5.41) is 9.53. The van der Waals surface area contributed by atoms with E-state index in [0.717, 1.165) is 18.1 Å². The number of amides is 2. The fourth-order valence-electron chi connectivity index (χ4n) is 3.50. The van der Waals surface area contributed by atoms with Crippen molar-refractivity contribution in [1.29, 1.82) is 0 Å². The molecule has 2 amide bonds. The molecule has 0 spiro atoms. The Kier molecular flexibility index (Phi) is 6.68. The van der Waals surface area contributed by atoms with Crippen molar-refractivity contribution in [2.24, 2.45) is 4.99 Å². The van der Waals surface area contributed by atoms with Crippen LogP contribution in [0.1, 0.15) is 48.5 Å². The molecule has 1 aromatic rings. The molecule has 146 valence electrons. The van der Waals surface area contributed by atoms with Crippen LogP contribution in [-0.4, -0.2) is 54.9 Å². The predicted octanol–water partition coefficient (Wildman–Crippen LogP) is 1.26. The second-order valence-electron chi connectivity index (χ2n) is 7.09. The fraction of sp³-hybridized carbons (Fsp3) is 0.550. The first-order valence-corrected chi connectivity index (χ1v) is 9.85. The van der Waals surface area contributed by atoms with Gasteiger partial charge in [0, 0.05) is 31.2 Å². The van der Waals surface area contributed by atoms with E-state index in [1.54, 1.807) is 4.90 Å². The van der Waals surface area contributed by atoms with Crippen molar-refractivity contribution in [3.8, 4) is 0 Å². The molecule has 0 atom stereocenters. The number of rotatable bonds is 5. The van der Waals surface area contributed by atoms with Gasteiger partial charge in [0.05, 0.1) is 13.1 Å². The topological polar surface area (TPSA) is 85.8 Å². The third-order valence-corrected chi connectivity index (χ3v) is 4.99. The van der Waals surface area contributed by atoms with E-state index >= 15 is 0 Å². The Bertz CT molecular complexity index is 680. The smallest absolute Gasteiger partial charge is 0.254 e. The van der Waals surface area contributed by atoms with Gasteiger partial charge in [0.2, 0.25) is 5.91 Å². The number of carbonyl (C=O) groups excluding carboxylic acids is 2. The lowest BCUT2D eigenvalue weighted by atomic mass is 10.1. The minimum atomic E-state index is -0.105. The SMILES string of the molecule is CCNC(=NCc1ccc(C(=O)N2CCNC(=O)C2)cc1)NC1CCCC1. The highest BCUT2D eigenvalue weighted by Gasteiger charge is 2.22. The van der Waals surface area contributed by atoms with Crippen molar-refractivity contribution in [2.75, 3.05) is 26.2 Å². The van der Waals surface area contributed by atoms with Gasteiger partial charge >= 0.3 is 0 Å². The van der Waals surface area contributed by atoms with Gasteiger partial charge in [0.15, 0.2) is 5.96 Å². The molecule has 0 radical (unpaired) electrons. The zero-order chi connectivity index (χ0) is 19.1. The number of hydrogen-bond acceptors (Lipinski definition) is 3. The minimum absolute atomic E-state index is 0.101. The molecular weight excluding hydrogens is 342 g/mol. The van der Waals surface area contributed by atoms with E-state index in [9.17, 15) is 9.59 Å². The maximum Gasteiger partial charge on any atom is 0.254 e. The zero-order valence-corrected chi connectivity index (χ0v) is 16.0. The molecule has 2 fully saturated rings. The molecule has 7 nitrogen and oxygen atoms in total. The second-order valence-corrected chi connectivity index (χ2v) is 7.09. The molecule has 27 heavy (non-hydrogen) atoms. The van der Waals surface area contributed by atoms with E-state index < -0.39 is 0 Å². The third-order valence-electron chi connectivity index (χ3n) is 4.99. The molecule has 1 aromatic carbocycles. The normalized spacial score (nSPS) is 18.3. The number of piperazine rings is 1. The molecule has 3 rings (SSSR count). The Morgan fingerprint density at radius 3 is 2.67 bits per heavy atom. The number of nitrogens with one attached hydrogen (secondary N) is 3. The highest BCUT2D eigenvalue weighted by Crippen LogP contribution is 2.17. The summed E-state index contributed by atoms with van der Waals surface area (Å²) >= 11 is 0. The molecule has 1 aliphatic heterocycles. The molecule has 1 saturated heterocycles. The number of carbonyl (C=O) groups is 2. The Hall–Kier alpha value is -2.57. The Labute approximate surface area is 160 Å². The summed E-state index contributed by atoms with van der Waals surface area (Å²) in [5.74, 6) is 0.645. The average molecular weight is 371 g/mol. The second kappa shape index (κ2) is 9.39. The molecule has 1 heterocycles.